The minimum Gasteiger partial charge on any atom is -0.506 e. The molecule has 0 saturated heterocycles. The quantitative estimate of drug-likeness (QED) is 0.630. The molecule has 0 radical (unpaired) electrons. The maximum atomic E-state index is 12.8. The van der Waals surface area contributed by atoms with Crippen LogP contribution in [0.3, 0.4) is 0 Å². The van der Waals surface area contributed by atoms with E-state index in [-0.39, 0.29) is 0 Å². The molecule has 0 spiro atoms. The Labute approximate surface area is 97.6 Å². The number of nitrogens with zero attached hydrogens (tertiary/aromatic N) is 2. The van der Waals surface area contributed by atoms with Crippen LogP contribution in [0.2, 0.25) is 0 Å². The fourth-order valence-electron chi connectivity index (χ4n) is 1.62. The molecular weight excluding hydrogens is 253 g/mol. The van der Waals surface area contributed by atoms with Gasteiger partial charge in [0.05, 0.1) is 15.9 Å². The number of aromatic nitrogens is 1. The second-order valence-corrected chi connectivity index (χ2v) is 3.44. The number of pyridine rings is 1. The van der Waals surface area contributed by atoms with Crippen molar-refractivity contribution in [1.29, 1.82) is 0 Å². The summed E-state index contributed by atoms with van der Waals surface area (Å²) in [6.07, 6.45) is -3.92. The molecule has 2 aromatic rings. The lowest BCUT2D eigenvalue weighted by atomic mass is 10.1. The Kier molecular flexibility index (Phi) is 2.57. The van der Waals surface area contributed by atoms with Gasteiger partial charge in [-0.3, -0.25) is 15.1 Å². The van der Waals surface area contributed by atoms with Crippen molar-refractivity contribution in [3.05, 3.63) is 40.1 Å². The number of aromatic hydroxyl groups is 1. The summed E-state index contributed by atoms with van der Waals surface area (Å²) in [5, 5.41) is 19.4. The van der Waals surface area contributed by atoms with E-state index in [2.05, 4.69) is 4.98 Å². The van der Waals surface area contributed by atoms with Crippen molar-refractivity contribution in [2.45, 2.75) is 6.18 Å². The number of nitro groups is 1. The third-order valence-corrected chi connectivity index (χ3v) is 2.35. The van der Waals surface area contributed by atoms with E-state index in [0.717, 1.165) is 18.3 Å². The smallest absolute Gasteiger partial charge is 0.417 e. The average molecular weight is 258 g/mol. The molecule has 2 rings (SSSR count). The molecule has 0 aliphatic heterocycles. The lowest BCUT2D eigenvalue weighted by Crippen LogP contribution is -2.07. The van der Waals surface area contributed by atoms with Crippen molar-refractivity contribution in [3.63, 3.8) is 0 Å². The number of fused-ring (bicyclic) bond motifs is 1. The fraction of sp³-hybridized carbons (Fsp3) is 0.100. The monoisotopic (exact) mass is 258 g/mol. The molecule has 0 aliphatic carbocycles. The molecule has 94 valence electrons. The summed E-state index contributed by atoms with van der Waals surface area (Å²) in [4.78, 5) is 13.3. The minimum atomic E-state index is -4.76. The van der Waals surface area contributed by atoms with E-state index in [1.54, 1.807) is 0 Å². The standard InChI is InChI=1S/C10H5F3N2O3/c11-10(12,13)5-3-4-14-9-7(16)2-1-6(8(5)9)15(17)18/h1-4,16H. The summed E-state index contributed by atoms with van der Waals surface area (Å²) in [6.45, 7) is 0. The molecule has 1 heterocycles. The molecule has 0 aliphatic rings. The zero-order valence-corrected chi connectivity index (χ0v) is 8.60. The van der Waals surface area contributed by atoms with Crippen molar-refractivity contribution < 1.29 is 23.2 Å². The van der Waals surface area contributed by atoms with Gasteiger partial charge in [-0.25, -0.2) is 0 Å². The summed E-state index contributed by atoms with van der Waals surface area (Å²) in [5.74, 6) is -0.540. The number of alkyl halides is 3. The largest absolute Gasteiger partial charge is 0.506 e. The maximum absolute atomic E-state index is 12.8. The second-order valence-electron chi connectivity index (χ2n) is 3.44. The predicted molar refractivity (Wildman–Crippen MR) is 55.1 cm³/mol. The van der Waals surface area contributed by atoms with Gasteiger partial charge in [-0.2, -0.15) is 13.2 Å². The molecule has 0 fully saturated rings. The number of hydrogen-bond donors (Lipinski definition) is 1. The molecule has 1 aromatic carbocycles. The topological polar surface area (TPSA) is 76.3 Å². The highest BCUT2D eigenvalue weighted by Crippen LogP contribution is 2.40. The molecule has 18 heavy (non-hydrogen) atoms. The van der Waals surface area contributed by atoms with Gasteiger partial charge in [0.25, 0.3) is 5.69 Å². The number of non-ortho nitro benzene ring substituents is 1. The van der Waals surface area contributed by atoms with Gasteiger partial charge in [-0.1, -0.05) is 0 Å². The zero-order chi connectivity index (χ0) is 13.5. The highest BCUT2D eigenvalue weighted by atomic mass is 19.4. The van der Waals surface area contributed by atoms with Crippen LogP contribution in [-0.2, 0) is 6.18 Å². The summed E-state index contributed by atoms with van der Waals surface area (Å²) >= 11 is 0. The van der Waals surface area contributed by atoms with E-state index in [0.29, 0.717) is 6.07 Å². The van der Waals surface area contributed by atoms with Gasteiger partial charge in [0.1, 0.15) is 11.3 Å². The molecule has 1 N–H and O–H groups in total. The number of rotatable bonds is 1. The normalized spacial score (nSPS) is 11.7. The lowest BCUT2D eigenvalue weighted by molar-refractivity contribution is -0.383. The van der Waals surface area contributed by atoms with Crippen molar-refractivity contribution in [1.82, 2.24) is 4.98 Å². The van der Waals surface area contributed by atoms with Gasteiger partial charge in [0, 0.05) is 12.3 Å². The van der Waals surface area contributed by atoms with E-state index in [4.69, 9.17) is 0 Å². The highest BCUT2D eigenvalue weighted by Gasteiger charge is 2.36. The molecule has 0 atom stereocenters. The van der Waals surface area contributed by atoms with Crippen LogP contribution in [0.4, 0.5) is 18.9 Å². The van der Waals surface area contributed by atoms with Gasteiger partial charge in [0.15, 0.2) is 0 Å². The SMILES string of the molecule is O=[N+]([O-])c1ccc(O)c2nccc(C(F)(F)F)c12. The minimum absolute atomic E-state index is 0.445. The summed E-state index contributed by atoms with van der Waals surface area (Å²) in [5.41, 5.74) is -2.39. The number of phenolic OH excluding ortho intramolecular Hbond substituents is 1. The molecular formula is C10H5F3N2O3. The number of halogens is 3. The van der Waals surface area contributed by atoms with Gasteiger partial charge in [0.2, 0.25) is 0 Å². The molecule has 0 bridgehead atoms. The van der Waals surface area contributed by atoms with Crippen molar-refractivity contribution in [2.75, 3.05) is 0 Å². The van der Waals surface area contributed by atoms with E-state index in [9.17, 15) is 28.4 Å². The van der Waals surface area contributed by atoms with Crippen LogP contribution in [0.25, 0.3) is 10.9 Å². The van der Waals surface area contributed by atoms with E-state index in [1.165, 1.54) is 0 Å². The Balaban J connectivity index is 2.97. The maximum Gasteiger partial charge on any atom is 0.417 e. The Morgan fingerprint density at radius 1 is 1.28 bits per heavy atom. The Morgan fingerprint density at radius 2 is 1.94 bits per heavy atom. The molecule has 0 saturated carbocycles. The first kappa shape index (κ1) is 12.1. The first-order valence-corrected chi connectivity index (χ1v) is 4.64. The van der Waals surface area contributed by atoms with E-state index >= 15 is 0 Å². The zero-order valence-electron chi connectivity index (χ0n) is 8.60. The summed E-state index contributed by atoms with van der Waals surface area (Å²) in [6, 6.07) is 2.39. The van der Waals surface area contributed by atoms with E-state index in [1.807, 2.05) is 0 Å². The second kappa shape index (κ2) is 3.83. The first-order chi connectivity index (χ1) is 8.32. The lowest BCUT2D eigenvalue weighted by Gasteiger charge is -2.10. The third kappa shape index (κ3) is 1.81. The van der Waals surface area contributed by atoms with E-state index < -0.39 is 39.0 Å². The molecule has 0 amide bonds. The molecule has 5 nitrogen and oxygen atoms in total. The molecule has 0 unspecified atom stereocenters. The number of nitro benzene ring substituents is 1. The van der Waals surface area contributed by atoms with Crippen molar-refractivity contribution in [3.8, 4) is 5.75 Å². The van der Waals surface area contributed by atoms with Gasteiger partial charge >= 0.3 is 6.18 Å². The Morgan fingerprint density at radius 3 is 2.50 bits per heavy atom. The Bertz CT molecular complexity index is 640. The first-order valence-electron chi connectivity index (χ1n) is 4.64. The van der Waals surface area contributed by atoms with Crippen LogP contribution in [-0.4, -0.2) is 15.0 Å². The van der Waals surface area contributed by atoms with Crippen LogP contribution in [0.1, 0.15) is 5.56 Å². The highest BCUT2D eigenvalue weighted by molar-refractivity contribution is 5.95. The van der Waals surface area contributed by atoms with Crippen LogP contribution < -0.4 is 0 Å². The van der Waals surface area contributed by atoms with Crippen molar-refractivity contribution in [2.24, 2.45) is 0 Å². The number of phenols is 1. The third-order valence-electron chi connectivity index (χ3n) is 2.35. The van der Waals surface area contributed by atoms with Crippen LogP contribution in [0.15, 0.2) is 24.4 Å². The predicted octanol–water partition coefficient (Wildman–Crippen LogP) is 2.87. The van der Waals surface area contributed by atoms with Crippen LogP contribution in [0.5, 0.6) is 5.75 Å². The van der Waals surface area contributed by atoms with Gasteiger partial charge < -0.3 is 5.11 Å². The molecule has 1 aromatic heterocycles. The molecule has 8 heteroatoms. The summed E-state index contributed by atoms with van der Waals surface area (Å²) in [7, 11) is 0. The van der Waals surface area contributed by atoms with Crippen LogP contribution >= 0.6 is 0 Å². The average Bonchev–Trinajstić information content (AvgIpc) is 2.27. The van der Waals surface area contributed by atoms with Crippen LogP contribution in [0, 0.1) is 10.1 Å². The number of benzene rings is 1. The van der Waals surface area contributed by atoms with Gasteiger partial charge in [-0.15, -0.1) is 0 Å². The summed E-state index contributed by atoms with van der Waals surface area (Å²) < 4.78 is 38.3. The number of hydrogen-bond acceptors (Lipinski definition) is 4. The fourth-order valence-corrected chi connectivity index (χ4v) is 1.62. The van der Waals surface area contributed by atoms with Gasteiger partial charge in [-0.05, 0) is 12.1 Å². The Hall–Kier alpha value is -2.38. The van der Waals surface area contributed by atoms with Crippen molar-refractivity contribution >= 4 is 16.6 Å².